The Bertz CT molecular complexity index is 566. The summed E-state index contributed by atoms with van der Waals surface area (Å²) in [5.74, 6) is -0.0930. The highest BCUT2D eigenvalue weighted by Gasteiger charge is 2.14. The van der Waals surface area contributed by atoms with E-state index in [1.54, 1.807) is 12.1 Å². The molecule has 0 aliphatic rings. The second-order valence-corrected chi connectivity index (χ2v) is 5.81. The van der Waals surface area contributed by atoms with Crippen LogP contribution in [0.25, 0.3) is 10.6 Å². The molecule has 2 rings (SSSR count). The molecule has 2 nitrogen and oxygen atoms in total. The maximum atomic E-state index is 13.1. The van der Waals surface area contributed by atoms with E-state index in [0.717, 1.165) is 21.1 Å². The standard InChI is InChI=1S/C13H14ClFN2S/c1-7(2)12-11(6-16)18-13(17-12)8-3-4-10(15)9(14)5-8/h3-5,7H,6,16H2,1-2H3. The van der Waals surface area contributed by atoms with Gasteiger partial charge in [-0.1, -0.05) is 25.4 Å². The molecule has 2 aromatic rings. The monoisotopic (exact) mass is 284 g/mol. The van der Waals surface area contributed by atoms with E-state index < -0.39 is 5.82 Å². The lowest BCUT2D eigenvalue weighted by molar-refractivity contribution is 0.628. The maximum Gasteiger partial charge on any atom is 0.141 e. The third-order valence-electron chi connectivity index (χ3n) is 2.63. The quantitative estimate of drug-likeness (QED) is 0.918. The maximum absolute atomic E-state index is 13.1. The number of thiazole rings is 1. The highest BCUT2D eigenvalue weighted by Crippen LogP contribution is 2.33. The summed E-state index contributed by atoms with van der Waals surface area (Å²) >= 11 is 7.32. The zero-order valence-electron chi connectivity index (χ0n) is 10.2. The van der Waals surface area contributed by atoms with Crippen molar-refractivity contribution in [2.24, 2.45) is 5.73 Å². The summed E-state index contributed by atoms with van der Waals surface area (Å²) in [5, 5.41) is 0.948. The molecule has 0 bridgehead atoms. The minimum absolute atomic E-state index is 0.114. The number of hydrogen-bond donors (Lipinski definition) is 1. The summed E-state index contributed by atoms with van der Waals surface area (Å²) < 4.78 is 13.1. The van der Waals surface area contributed by atoms with Gasteiger partial charge in [-0.3, -0.25) is 0 Å². The summed E-state index contributed by atoms with van der Waals surface area (Å²) in [4.78, 5) is 5.65. The molecule has 1 heterocycles. The molecule has 2 N–H and O–H groups in total. The zero-order chi connectivity index (χ0) is 13.3. The Morgan fingerprint density at radius 2 is 2.17 bits per heavy atom. The number of benzene rings is 1. The predicted octanol–water partition coefficient (Wildman–Crippen LogP) is 4.18. The summed E-state index contributed by atoms with van der Waals surface area (Å²) in [5.41, 5.74) is 7.56. The third kappa shape index (κ3) is 2.55. The van der Waals surface area contributed by atoms with Gasteiger partial charge in [0, 0.05) is 17.0 Å². The number of hydrogen-bond acceptors (Lipinski definition) is 3. The van der Waals surface area contributed by atoms with Crippen molar-refractivity contribution in [2.45, 2.75) is 26.3 Å². The van der Waals surface area contributed by atoms with E-state index in [4.69, 9.17) is 17.3 Å². The van der Waals surface area contributed by atoms with Gasteiger partial charge in [-0.05, 0) is 24.1 Å². The number of nitrogens with two attached hydrogens (primary N) is 1. The van der Waals surface area contributed by atoms with Gasteiger partial charge in [-0.25, -0.2) is 9.37 Å². The molecule has 0 fully saturated rings. The normalized spacial score (nSPS) is 11.2. The largest absolute Gasteiger partial charge is 0.326 e. The highest BCUT2D eigenvalue weighted by atomic mass is 35.5. The Morgan fingerprint density at radius 3 is 2.67 bits per heavy atom. The minimum atomic E-state index is -0.417. The van der Waals surface area contributed by atoms with E-state index in [0.29, 0.717) is 12.5 Å². The Morgan fingerprint density at radius 1 is 1.44 bits per heavy atom. The molecule has 18 heavy (non-hydrogen) atoms. The Balaban J connectivity index is 2.47. The smallest absolute Gasteiger partial charge is 0.141 e. The first-order valence-corrected chi connectivity index (χ1v) is 6.87. The lowest BCUT2D eigenvalue weighted by Crippen LogP contribution is -1.99. The summed E-state index contributed by atoms with van der Waals surface area (Å²) in [6.07, 6.45) is 0. The van der Waals surface area contributed by atoms with Crippen molar-refractivity contribution in [3.63, 3.8) is 0 Å². The molecule has 5 heteroatoms. The van der Waals surface area contributed by atoms with Gasteiger partial charge in [-0.2, -0.15) is 0 Å². The van der Waals surface area contributed by atoms with Gasteiger partial charge >= 0.3 is 0 Å². The van der Waals surface area contributed by atoms with Crippen molar-refractivity contribution in [2.75, 3.05) is 0 Å². The van der Waals surface area contributed by atoms with E-state index in [-0.39, 0.29) is 5.02 Å². The van der Waals surface area contributed by atoms with Crippen molar-refractivity contribution in [1.29, 1.82) is 0 Å². The molecule has 0 saturated carbocycles. The van der Waals surface area contributed by atoms with Crippen LogP contribution in [0.4, 0.5) is 4.39 Å². The van der Waals surface area contributed by atoms with Gasteiger partial charge in [0.05, 0.1) is 10.7 Å². The SMILES string of the molecule is CC(C)c1nc(-c2ccc(F)c(Cl)c2)sc1CN. The van der Waals surface area contributed by atoms with E-state index in [1.165, 1.54) is 17.4 Å². The van der Waals surface area contributed by atoms with Gasteiger partial charge in [0.1, 0.15) is 10.8 Å². The van der Waals surface area contributed by atoms with Crippen LogP contribution < -0.4 is 5.73 Å². The van der Waals surface area contributed by atoms with Crippen molar-refractivity contribution in [3.8, 4) is 10.6 Å². The van der Waals surface area contributed by atoms with E-state index >= 15 is 0 Å². The van der Waals surface area contributed by atoms with Crippen LogP contribution in [0, 0.1) is 5.82 Å². The Labute approximate surface area is 115 Å². The van der Waals surface area contributed by atoms with Crippen molar-refractivity contribution < 1.29 is 4.39 Å². The fraction of sp³-hybridized carbons (Fsp3) is 0.308. The van der Waals surface area contributed by atoms with Crippen molar-refractivity contribution in [3.05, 3.63) is 39.6 Å². The van der Waals surface area contributed by atoms with Crippen LogP contribution in [0.3, 0.4) is 0 Å². The topological polar surface area (TPSA) is 38.9 Å². The number of nitrogens with zero attached hydrogens (tertiary/aromatic N) is 1. The lowest BCUT2D eigenvalue weighted by atomic mass is 10.1. The molecular weight excluding hydrogens is 271 g/mol. The molecule has 96 valence electrons. The third-order valence-corrected chi connectivity index (χ3v) is 4.06. The van der Waals surface area contributed by atoms with Gasteiger partial charge in [0.15, 0.2) is 0 Å². The molecule has 0 radical (unpaired) electrons. The van der Waals surface area contributed by atoms with Crippen LogP contribution in [0.5, 0.6) is 0 Å². The molecule has 0 amide bonds. The van der Waals surface area contributed by atoms with E-state index in [9.17, 15) is 4.39 Å². The molecule has 0 aliphatic carbocycles. The van der Waals surface area contributed by atoms with Crippen LogP contribution >= 0.6 is 22.9 Å². The fourth-order valence-corrected chi connectivity index (χ4v) is 2.99. The minimum Gasteiger partial charge on any atom is -0.326 e. The zero-order valence-corrected chi connectivity index (χ0v) is 11.8. The number of halogens is 2. The van der Waals surface area contributed by atoms with Crippen LogP contribution in [-0.4, -0.2) is 4.98 Å². The molecule has 0 aliphatic heterocycles. The molecular formula is C13H14ClFN2S. The van der Waals surface area contributed by atoms with Crippen molar-refractivity contribution >= 4 is 22.9 Å². The molecule has 1 aromatic carbocycles. The highest BCUT2D eigenvalue weighted by molar-refractivity contribution is 7.15. The van der Waals surface area contributed by atoms with Gasteiger partial charge < -0.3 is 5.73 Å². The first kappa shape index (κ1) is 13.5. The van der Waals surface area contributed by atoms with Crippen LogP contribution in [0.1, 0.15) is 30.3 Å². The average Bonchev–Trinajstić information content (AvgIpc) is 2.77. The first-order chi connectivity index (χ1) is 8.52. The predicted molar refractivity (Wildman–Crippen MR) is 74.5 cm³/mol. The van der Waals surface area contributed by atoms with Gasteiger partial charge in [0.25, 0.3) is 0 Å². The Kier molecular flexibility index (Phi) is 4.00. The van der Waals surface area contributed by atoms with Crippen LogP contribution in [-0.2, 0) is 6.54 Å². The molecule has 0 atom stereocenters. The van der Waals surface area contributed by atoms with Crippen molar-refractivity contribution in [1.82, 2.24) is 4.98 Å². The molecule has 0 spiro atoms. The van der Waals surface area contributed by atoms with Gasteiger partial charge in [-0.15, -0.1) is 11.3 Å². The number of rotatable bonds is 3. The lowest BCUT2D eigenvalue weighted by Gasteiger charge is -2.01. The summed E-state index contributed by atoms with van der Waals surface area (Å²) in [7, 11) is 0. The Hall–Kier alpha value is -0.970. The average molecular weight is 285 g/mol. The second-order valence-electron chi connectivity index (χ2n) is 4.32. The summed E-state index contributed by atoms with van der Waals surface area (Å²) in [6, 6.07) is 4.64. The first-order valence-electron chi connectivity index (χ1n) is 5.68. The van der Waals surface area contributed by atoms with Crippen LogP contribution in [0.15, 0.2) is 18.2 Å². The molecule has 1 aromatic heterocycles. The fourth-order valence-electron chi connectivity index (χ4n) is 1.71. The second kappa shape index (κ2) is 5.34. The molecule has 0 saturated heterocycles. The van der Waals surface area contributed by atoms with E-state index in [2.05, 4.69) is 18.8 Å². The summed E-state index contributed by atoms with van der Waals surface area (Å²) in [6.45, 7) is 4.63. The molecule has 0 unspecified atom stereocenters. The number of aromatic nitrogens is 1. The van der Waals surface area contributed by atoms with Crippen LogP contribution in [0.2, 0.25) is 5.02 Å². The van der Waals surface area contributed by atoms with Gasteiger partial charge in [0.2, 0.25) is 0 Å². The van der Waals surface area contributed by atoms with E-state index in [1.807, 2.05) is 0 Å².